The van der Waals surface area contributed by atoms with E-state index >= 15 is 0 Å². The fourth-order valence-electron chi connectivity index (χ4n) is 1.46. The lowest BCUT2D eigenvalue weighted by molar-refractivity contribution is 0.542. The van der Waals surface area contributed by atoms with Gasteiger partial charge in [-0.2, -0.15) is 23.5 Å². The largest absolute Gasteiger partial charge is 0.271 e. The van der Waals surface area contributed by atoms with Gasteiger partial charge in [-0.05, 0) is 0 Å². The fourth-order valence-corrected chi connectivity index (χ4v) is 4.88. The number of nitrogens with one attached hydrogen (secondary N) is 1. The maximum atomic E-state index is 5.59. The molecular weight excluding hydrogens is 234 g/mol. The highest BCUT2D eigenvalue weighted by Gasteiger charge is 2.26. The van der Waals surface area contributed by atoms with Gasteiger partial charge in [-0.1, -0.05) is 0 Å². The molecule has 1 aromatic heterocycles. The number of nitrogens with two attached hydrogens (primary N) is 1. The molecule has 0 bridgehead atoms. The predicted molar refractivity (Wildman–Crippen MR) is 65.7 cm³/mol. The van der Waals surface area contributed by atoms with Gasteiger partial charge >= 0.3 is 0 Å². The molecule has 3 N–H and O–H groups in total. The second-order valence-corrected chi connectivity index (χ2v) is 6.26. The Balaban J connectivity index is 2.04. The molecule has 1 saturated heterocycles. The lowest BCUT2D eigenvalue weighted by atomic mass is 10.2. The highest BCUT2D eigenvalue weighted by molar-refractivity contribution is 8.06. The summed E-state index contributed by atoms with van der Waals surface area (Å²) in [7, 11) is 0. The summed E-state index contributed by atoms with van der Waals surface area (Å²) in [6.07, 6.45) is 0. The van der Waals surface area contributed by atoms with Gasteiger partial charge in [0.15, 0.2) is 0 Å². The summed E-state index contributed by atoms with van der Waals surface area (Å²) < 4.78 is 0. The molecule has 0 aliphatic carbocycles. The number of hydrogen-bond acceptors (Lipinski definition) is 6. The van der Waals surface area contributed by atoms with Crippen molar-refractivity contribution in [2.24, 2.45) is 5.84 Å². The van der Waals surface area contributed by atoms with Crippen LogP contribution in [0.3, 0.4) is 0 Å². The normalized spacial score (nSPS) is 24.8. The average Bonchev–Trinajstić information content (AvgIpc) is 2.74. The van der Waals surface area contributed by atoms with E-state index in [1.807, 2.05) is 29.0 Å². The topological polar surface area (TPSA) is 50.9 Å². The molecule has 1 aliphatic heterocycles. The lowest BCUT2D eigenvalue weighted by Gasteiger charge is -2.27. The molecule has 3 nitrogen and oxygen atoms in total. The predicted octanol–water partition coefficient (Wildman–Crippen LogP) is 1.50. The molecule has 1 aromatic rings. The Labute approximate surface area is 96.2 Å². The van der Waals surface area contributed by atoms with Crippen molar-refractivity contribution in [1.82, 2.24) is 10.4 Å². The van der Waals surface area contributed by atoms with E-state index in [-0.39, 0.29) is 6.04 Å². The van der Waals surface area contributed by atoms with E-state index in [0.717, 1.165) is 11.4 Å². The molecule has 2 atom stereocenters. The van der Waals surface area contributed by atoms with E-state index in [1.54, 1.807) is 11.3 Å². The smallest absolute Gasteiger partial charge is 0.0795 e. The van der Waals surface area contributed by atoms with Crippen molar-refractivity contribution < 1.29 is 0 Å². The van der Waals surface area contributed by atoms with Crippen molar-refractivity contribution in [1.29, 1.82) is 0 Å². The fraction of sp³-hybridized carbons (Fsp3) is 0.625. The second kappa shape index (κ2) is 5.37. The van der Waals surface area contributed by atoms with Gasteiger partial charge in [0.25, 0.3) is 0 Å². The van der Waals surface area contributed by atoms with Gasteiger partial charge in [0.1, 0.15) is 0 Å². The zero-order valence-electron chi connectivity index (χ0n) is 7.68. The molecule has 78 valence electrons. The highest BCUT2D eigenvalue weighted by atomic mass is 32.2. The van der Waals surface area contributed by atoms with Crippen LogP contribution < -0.4 is 11.3 Å². The first-order chi connectivity index (χ1) is 6.92. The zero-order chi connectivity index (χ0) is 9.80. The van der Waals surface area contributed by atoms with Crippen molar-refractivity contribution in [3.63, 3.8) is 0 Å². The van der Waals surface area contributed by atoms with Crippen LogP contribution in [0.5, 0.6) is 0 Å². The van der Waals surface area contributed by atoms with Crippen molar-refractivity contribution in [3.8, 4) is 0 Å². The summed E-state index contributed by atoms with van der Waals surface area (Å²) in [5.41, 5.74) is 5.83. The first-order valence-electron chi connectivity index (χ1n) is 4.45. The van der Waals surface area contributed by atoms with Gasteiger partial charge in [-0.3, -0.25) is 11.3 Å². The molecule has 2 heterocycles. The Morgan fingerprint density at radius 3 is 3.07 bits per heavy atom. The van der Waals surface area contributed by atoms with Crippen molar-refractivity contribution >= 4 is 34.9 Å². The maximum Gasteiger partial charge on any atom is 0.0795 e. The number of rotatable bonds is 3. The minimum absolute atomic E-state index is 0.207. The Bertz CT molecular complexity index is 259. The molecule has 2 rings (SSSR count). The Morgan fingerprint density at radius 1 is 1.57 bits per heavy atom. The molecule has 0 saturated carbocycles. The number of hydrazine groups is 1. The summed E-state index contributed by atoms with van der Waals surface area (Å²) >= 11 is 5.62. The third-order valence-electron chi connectivity index (χ3n) is 2.16. The Kier molecular flexibility index (Phi) is 4.12. The second-order valence-electron chi connectivity index (χ2n) is 3.04. The van der Waals surface area contributed by atoms with Crippen LogP contribution in [-0.2, 0) is 0 Å². The van der Waals surface area contributed by atoms with Crippen molar-refractivity contribution in [2.75, 3.05) is 17.3 Å². The van der Waals surface area contributed by atoms with E-state index < -0.39 is 0 Å². The Hall–Kier alpha value is 0.250. The van der Waals surface area contributed by atoms with Crippen molar-refractivity contribution in [3.05, 3.63) is 16.6 Å². The molecule has 1 aliphatic rings. The molecule has 1 fully saturated rings. The van der Waals surface area contributed by atoms with Crippen LogP contribution in [0.2, 0.25) is 0 Å². The molecule has 2 unspecified atom stereocenters. The van der Waals surface area contributed by atoms with Gasteiger partial charge in [0, 0.05) is 27.9 Å². The molecule has 6 heteroatoms. The molecule has 14 heavy (non-hydrogen) atoms. The van der Waals surface area contributed by atoms with E-state index in [2.05, 4.69) is 15.8 Å². The third-order valence-corrected chi connectivity index (χ3v) is 5.63. The van der Waals surface area contributed by atoms with Gasteiger partial charge < -0.3 is 0 Å². The number of thioether (sulfide) groups is 2. The minimum Gasteiger partial charge on any atom is -0.271 e. The summed E-state index contributed by atoms with van der Waals surface area (Å²) in [5, 5.41) is 2.63. The summed E-state index contributed by atoms with van der Waals surface area (Å²) in [6.45, 7) is 0. The lowest BCUT2D eigenvalue weighted by Crippen LogP contribution is -2.37. The molecule has 0 spiro atoms. The molecule has 0 radical (unpaired) electrons. The standard InChI is InChI=1S/C8H13N3S3/c9-11-8(6-3-13-5-10-6)7-4-12-1-2-14-7/h3,5,7-8,11H,1-2,4,9H2. The number of hydrogen-bond donors (Lipinski definition) is 2. The monoisotopic (exact) mass is 247 g/mol. The van der Waals surface area contributed by atoms with E-state index in [0.29, 0.717) is 5.25 Å². The average molecular weight is 247 g/mol. The number of thiazole rings is 1. The van der Waals surface area contributed by atoms with E-state index in [4.69, 9.17) is 5.84 Å². The first-order valence-corrected chi connectivity index (χ1v) is 7.60. The summed E-state index contributed by atoms with van der Waals surface area (Å²) in [4.78, 5) is 4.32. The maximum absolute atomic E-state index is 5.59. The van der Waals surface area contributed by atoms with Crippen LogP contribution in [0.4, 0.5) is 0 Å². The van der Waals surface area contributed by atoms with Gasteiger partial charge in [-0.15, -0.1) is 11.3 Å². The molecular formula is C8H13N3S3. The summed E-state index contributed by atoms with van der Waals surface area (Å²) in [6, 6.07) is 0.207. The quantitative estimate of drug-likeness (QED) is 0.626. The first kappa shape index (κ1) is 10.8. The third kappa shape index (κ3) is 2.43. The molecule has 0 aromatic carbocycles. The number of aromatic nitrogens is 1. The van der Waals surface area contributed by atoms with Gasteiger partial charge in [0.2, 0.25) is 0 Å². The van der Waals surface area contributed by atoms with Crippen LogP contribution in [0, 0.1) is 0 Å². The summed E-state index contributed by atoms with van der Waals surface area (Å²) in [5.74, 6) is 9.23. The van der Waals surface area contributed by atoms with Gasteiger partial charge in [0.05, 0.1) is 17.2 Å². The van der Waals surface area contributed by atoms with Crippen LogP contribution in [0.15, 0.2) is 10.9 Å². The Morgan fingerprint density at radius 2 is 2.50 bits per heavy atom. The van der Waals surface area contributed by atoms with Crippen LogP contribution in [-0.4, -0.2) is 27.5 Å². The number of nitrogens with zero attached hydrogens (tertiary/aromatic N) is 1. The van der Waals surface area contributed by atoms with Gasteiger partial charge in [-0.25, -0.2) is 4.98 Å². The minimum atomic E-state index is 0.207. The SMILES string of the molecule is NNC(c1cscn1)C1CSCCS1. The molecule has 0 amide bonds. The van der Waals surface area contributed by atoms with Crippen LogP contribution in [0.1, 0.15) is 11.7 Å². The van der Waals surface area contributed by atoms with E-state index in [1.165, 1.54) is 11.5 Å². The highest BCUT2D eigenvalue weighted by Crippen LogP contribution is 2.32. The zero-order valence-corrected chi connectivity index (χ0v) is 10.1. The van der Waals surface area contributed by atoms with Crippen LogP contribution in [0.25, 0.3) is 0 Å². The van der Waals surface area contributed by atoms with Crippen LogP contribution >= 0.6 is 34.9 Å². The van der Waals surface area contributed by atoms with Crippen molar-refractivity contribution in [2.45, 2.75) is 11.3 Å². The van der Waals surface area contributed by atoms with E-state index in [9.17, 15) is 0 Å².